The lowest BCUT2D eigenvalue weighted by Gasteiger charge is -2.52. The van der Waals surface area contributed by atoms with Crippen LogP contribution in [0.3, 0.4) is 0 Å². The van der Waals surface area contributed by atoms with Crippen molar-refractivity contribution in [2.45, 2.75) is 76.7 Å². The molecule has 0 radical (unpaired) electrons. The maximum atomic E-state index is 13.5. The summed E-state index contributed by atoms with van der Waals surface area (Å²) in [5, 5.41) is 7.52. The number of fused-ring (bicyclic) bond motifs is 3. The first-order chi connectivity index (χ1) is 13.7. The van der Waals surface area contributed by atoms with Gasteiger partial charge in [0.15, 0.2) is 5.82 Å². The van der Waals surface area contributed by atoms with E-state index in [9.17, 15) is 8.78 Å². The van der Waals surface area contributed by atoms with Gasteiger partial charge in [-0.15, -0.1) is 0 Å². The summed E-state index contributed by atoms with van der Waals surface area (Å²) in [4.78, 5) is 4.07. The average molecular weight is 405 g/mol. The number of nitrogens with one attached hydrogen (secondary N) is 1. The van der Waals surface area contributed by atoms with Crippen molar-refractivity contribution in [1.29, 1.82) is 0 Å². The van der Waals surface area contributed by atoms with Crippen molar-refractivity contribution in [2.24, 2.45) is 5.41 Å². The lowest BCUT2D eigenvalue weighted by Crippen LogP contribution is -2.47. The molecule has 2 bridgehead atoms. The average Bonchev–Trinajstić information content (AvgIpc) is 3.19. The molecular weight excluding hydrogens is 376 g/mol. The lowest BCUT2D eigenvalue weighted by atomic mass is 9.53. The maximum Gasteiger partial charge on any atom is 0.322 e. The molecule has 5 rings (SSSR count). The topological polar surface area (TPSA) is 60.2 Å². The molecule has 3 aliphatic rings. The number of nitrogens with zero attached hydrogens (tertiary/aromatic N) is 2. The van der Waals surface area contributed by atoms with E-state index in [1.165, 1.54) is 0 Å². The molecule has 3 saturated carbocycles. The summed E-state index contributed by atoms with van der Waals surface area (Å²) in [7, 11) is 0. The summed E-state index contributed by atoms with van der Waals surface area (Å²) in [5.74, 6) is -2.33. The van der Waals surface area contributed by atoms with Crippen molar-refractivity contribution < 1.29 is 18.0 Å². The number of anilines is 1. The molecule has 5 nitrogen and oxygen atoms in total. The lowest BCUT2D eigenvalue weighted by molar-refractivity contribution is -0.0158. The summed E-state index contributed by atoms with van der Waals surface area (Å²) < 4.78 is 37.6. The first-order valence-electron chi connectivity index (χ1n) is 10.4. The van der Waals surface area contributed by atoms with Crippen LogP contribution in [0.2, 0.25) is 0 Å². The molecule has 0 unspecified atom stereocenters. The monoisotopic (exact) mass is 405 g/mol. The fourth-order valence-corrected chi connectivity index (χ4v) is 4.72. The predicted octanol–water partition coefficient (Wildman–Crippen LogP) is 5.67. The second-order valence-electron chi connectivity index (χ2n) is 9.14. The van der Waals surface area contributed by atoms with Gasteiger partial charge >= 0.3 is 5.92 Å². The smallest absolute Gasteiger partial charge is 0.322 e. The summed E-state index contributed by atoms with van der Waals surface area (Å²) in [6, 6.07) is 8.07. The highest BCUT2D eigenvalue weighted by Gasteiger charge is 2.52. The summed E-state index contributed by atoms with van der Waals surface area (Å²) >= 11 is 0. The van der Waals surface area contributed by atoms with E-state index in [2.05, 4.69) is 21.5 Å². The largest absolute Gasteiger partial charge is 0.491 e. The Labute approximate surface area is 170 Å². The third-order valence-electron chi connectivity index (χ3n) is 6.55. The highest BCUT2D eigenvalue weighted by molar-refractivity contribution is 5.48. The van der Waals surface area contributed by atoms with Gasteiger partial charge in [-0.2, -0.15) is 13.8 Å². The van der Waals surface area contributed by atoms with Crippen LogP contribution >= 0.6 is 0 Å². The molecule has 1 N–H and O–H groups in total. The van der Waals surface area contributed by atoms with Gasteiger partial charge in [0.05, 0.1) is 6.10 Å². The minimum Gasteiger partial charge on any atom is -0.491 e. The number of hydrogen-bond acceptors (Lipinski definition) is 5. The predicted molar refractivity (Wildman–Crippen MR) is 106 cm³/mol. The molecule has 0 spiro atoms. The van der Waals surface area contributed by atoms with Crippen LogP contribution in [0.5, 0.6) is 5.75 Å². The number of alkyl halides is 2. The normalized spacial score (nSPS) is 26.7. The molecule has 0 atom stereocenters. The van der Waals surface area contributed by atoms with E-state index in [1.54, 1.807) is 0 Å². The standard InChI is InChI=1S/C22H29F2N3O2/c1-15(2)28-17-6-4-5-16(13-17)25-14-21-7-10-22(11-8-21,12-9-21)18-26-19(29-27-18)20(3,23)24/h4-6,13,15,25H,7-12,14H2,1-3H3. The Morgan fingerprint density at radius 3 is 2.45 bits per heavy atom. The van der Waals surface area contributed by atoms with E-state index >= 15 is 0 Å². The highest BCUT2D eigenvalue weighted by Crippen LogP contribution is 2.57. The summed E-state index contributed by atoms with van der Waals surface area (Å²) in [6.45, 7) is 5.73. The van der Waals surface area contributed by atoms with Crippen LogP contribution in [0.1, 0.15) is 71.0 Å². The van der Waals surface area contributed by atoms with Crippen LogP contribution in [0.15, 0.2) is 28.8 Å². The van der Waals surface area contributed by atoms with Gasteiger partial charge in [0.1, 0.15) is 5.75 Å². The molecule has 1 aromatic heterocycles. The molecule has 158 valence electrons. The summed E-state index contributed by atoms with van der Waals surface area (Å²) in [6.07, 6.45) is 6.00. The molecule has 0 saturated heterocycles. The highest BCUT2D eigenvalue weighted by atomic mass is 19.3. The summed E-state index contributed by atoms with van der Waals surface area (Å²) in [5.41, 5.74) is 1.09. The van der Waals surface area contributed by atoms with Gasteiger partial charge in [0, 0.05) is 30.6 Å². The Morgan fingerprint density at radius 1 is 1.17 bits per heavy atom. The van der Waals surface area contributed by atoms with Crippen LogP contribution < -0.4 is 10.1 Å². The van der Waals surface area contributed by atoms with Crippen molar-refractivity contribution in [3.8, 4) is 5.75 Å². The third kappa shape index (κ3) is 4.09. The van der Waals surface area contributed by atoms with Crippen LogP contribution in [0, 0.1) is 5.41 Å². The van der Waals surface area contributed by atoms with E-state index in [0.717, 1.165) is 63.4 Å². The quantitative estimate of drug-likeness (QED) is 0.643. The molecule has 0 amide bonds. The first kappa shape index (κ1) is 20.1. The number of benzene rings is 1. The Hall–Kier alpha value is -2.18. The minimum absolute atomic E-state index is 0.145. The molecule has 7 heteroatoms. The van der Waals surface area contributed by atoms with Crippen LogP contribution in [-0.2, 0) is 11.3 Å². The van der Waals surface area contributed by atoms with E-state index in [-0.39, 0.29) is 16.9 Å². The van der Waals surface area contributed by atoms with Gasteiger partial charge in [0.2, 0.25) is 0 Å². The number of halogens is 2. The van der Waals surface area contributed by atoms with Crippen LogP contribution in [0.25, 0.3) is 0 Å². The Morgan fingerprint density at radius 2 is 1.86 bits per heavy atom. The van der Waals surface area contributed by atoms with E-state index in [1.807, 2.05) is 32.0 Å². The van der Waals surface area contributed by atoms with Gasteiger partial charge in [-0.25, -0.2) is 0 Å². The van der Waals surface area contributed by atoms with E-state index in [0.29, 0.717) is 5.82 Å². The first-order valence-corrected chi connectivity index (χ1v) is 10.4. The van der Waals surface area contributed by atoms with Crippen LogP contribution in [-0.4, -0.2) is 22.8 Å². The number of hydrogen-bond donors (Lipinski definition) is 1. The van der Waals surface area contributed by atoms with Gasteiger partial charge in [0.25, 0.3) is 5.89 Å². The molecule has 0 aliphatic heterocycles. The molecule has 1 heterocycles. The Bertz CT molecular complexity index is 835. The van der Waals surface area contributed by atoms with Crippen molar-refractivity contribution in [2.75, 3.05) is 11.9 Å². The van der Waals surface area contributed by atoms with Crippen molar-refractivity contribution >= 4 is 5.69 Å². The fraction of sp³-hybridized carbons (Fsp3) is 0.636. The molecule has 29 heavy (non-hydrogen) atoms. The zero-order chi connectivity index (χ0) is 20.7. The second kappa shape index (κ2) is 7.26. The minimum atomic E-state index is -3.09. The van der Waals surface area contributed by atoms with E-state index < -0.39 is 11.8 Å². The molecule has 1 aromatic carbocycles. The molecular formula is C22H29F2N3O2. The van der Waals surface area contributed by atoms with E-state index in [4.69, 9.17) is 9.26 Å². The van der Waals surface area contributed by atoms with Gasteiger partial charge in [-0.1, -0.05) is 11.2 Å². The van der Waals surface area contributed by atoms with Crippen molar-refractivity contribution in [3.63, 3.8) is 0 Å². The number of ether oxygens (including phenoxy) is 1. The Balaban J connectivity index is 1.39. The van der Waals surface area contributed by atoms with Crippen molar-refractivity contribution in [1.82, 2.24) is 10.1 Å². The SMILES string of the molecule is CC(C)Oc1cccc(NCC23CCC(c4noc(C(C)(F)F)n4)(CC2)CC3)c1. The molecule has 3 fully saturated rings. The fourth-order valence-electron chi connectivity index (χ4n) is 4.72. The number of aromatic nitrogens is 2. The second-order valence-corrected chi connectivity index (χ2v) is 9.14. The maximum absolute atomic E-state index is 13.5. The molecule has 2 aromatic rings. The van der Waals surface area contributed by atoms with Crippen molar-refractivity contribution in [3.05, 3.63) is 36.0 Å². The van der Waals surface area contributed by atoms with Gasteiger partial charge in [-0.3, -0.25) is 0 Å². The van der Waals surface area contributed by atoms with Crippen LogP contribution in [0.4, 0.5) is 14.5 Å². The number of rotatable bonds is 7. The Kier molecular flexibility index (Phi) is 5.03. The van der Waals surface area contributed by atoms with Gasteiger partial charge < -0.3 is 14.6 Å². The molecule has 3 aliphatic carbocycles. The zero-order valence-electron chi connectivity index (χ0n) is 17.3. The van der Waals surface area contributed by atoms with Gasteiger partial charge in [-0.05, 0) is 69.9 Å². The zero-order valence-corrected chi connectivity index (χ0v) is 17.3. The third-order valence-corrected chi connectivity index (χ3v) is 6.55.